The number of benzene rings is 1. The Hall–Kier alpha value is -2.63. The molecular weight excluding hydrogens is 316 g/mol. The summed E-state index contributed by atoms with van der Waals surface area (Å²) in [6.45, 7) is 3.85. The predicted octanol–water partition coefficient (Wildman–Crippen LogP) is 3.40. The fourth-order valence-corrected chi connectivity index (χ4v) is 3.52. The number of likely N-dealkylation sites (tertiary alicyclic amines) is 1. The van der Waals surface area contributed by atoms with Crippen molar-refractivity contribution in [1.82, 2.24) is 19.7 Å². The molecule has 0 bridgehead atoms. The SMILES string of the molecule is Cc1nnc(-c2cn(CC(=O)N3CCCCCC3)c3ccccc23)o1. The van der Waals surface area contributed by atoms with Crippen LogP contribution in [0.2, 0.25) is 0 Å². The molecule has 1 amide bonds. The van der Waals surface area contributed by atoms with Crippen LogP contribution < -0.4 is 0 Å². The van der Waals surface area contributed by atoms with E-state index in [1.807, 2.05) is 39.9 Å². The Morgan fingerprint density at radius 2 is 1.88 bits per heavy atom. The first-order valence-corrected chi connectivity index (χ1v) is 8.88. The smallest absolute Gasteiger partial charge is 0.249 e. The van der Waals surface area contributed by atoms with E-state index in [1.54, 1.807) is 6.92 Å². The third-order valence-electron chi connectivity index (χ3n) is 4.81. The largest absolute Gasteiger partial charge is 0.421 e. The number of aromatic nitrogens is 3. The minimum Gasteiger partial charge on any atom is -0.421 e. The molecule has 4 rings (SSSR count). The molecule has 1 aromatic carbocycles. The van der Waals surface area contributed by atoms with Crippen molar-refractivity contribution in [2.75, 3.05) is 13.1 Å². The average molecular weight is 338 g/mol. The molecule has 6 heteroatoms. The highest BCUT2D eigenvalue weighted by Crippen LogP contribution is 2.30. The van der Waals surface area contributed by atoms with Crippen molar-refractivity contribution in [2.24, 2.45) is 0 Å². The molecule has 0 spiro atoms. The molecule has 1 aliphatic heterocycles. The number of aryl methyl sites for hydroxylation is 1. The van der Waals surface area contributed by atoms with Gasteiger partial charge in [-0.15, -0.1) is 10.2 Å². The lowest BCUT2D eigenvalue weighted by molar-refractivity contribution is -0.131. The van der Waals surface area contributed by atoms with Crippen LogP contribution in [0.5, 0.6) is 0 Å². The Morgan fingerprint density at radius 1 is 1.12 bits per heavy atom. The number of carbonyl (C=O) groups is 1. The minimum absolute atomic E-state index is 0.177. The van der Waals surface area contributed by atoms with E-state index in [1.165, 1.54) is 12.8 Å². The predicted molar refractivity (Wildman–Crippen MR) is 95.0 cm³/mol. The molecule has 2 aromatic heterocycles. The summed E-state index contributed by atoms with van der Waals surface area (Å²) in [7, 11) is 0. The van der Waals surface area contributed by atoms with E-state index in [2.05, 4.69) is 10.2 Å². The molecule has 25 heavy (non-hydrogen) atoms. The average Bonchev–Trinajstić information content (AvgIpc) is 3.08. The molecular formula is C19H22N4O2. The number of carbonyl (C=O) groups excluding carboxylic acids is 1. The number of hydrogen-bond donors (Lipinski definition) is 0. The van der Waals surface area contributed by atoms with E-state index in [9.17, 15) is 4.79 Å². The molecule has 0 unspecified atom stereocenters. The Kier molecular flexibility index (Phi) is 4.26. The summed E-state index contributed by atoms with van der Waals surface area (Å²) in [4.78, 5) is 14.8. The van der Waals surface area contributed by atoms with Crippen LogP contribution >= 0.6 is 0 Å². The fraction of sp³-hybridized carbons (Fsp3) is 0.421. The molecule has 0 saturated carbocycles. The first kappa shape index (κ1) is 15.9. The van der Waals surface area contributed by atoms with Gasteiger partial charge in [-0.3, -0.25) is 4.79 Å². The summed E-state index contributed by atoms with van der Waals surface area (Å²) in [5.74, 6) is 1.21. The van der Waals surface area contributed by atoms with Gasteiger partial charge < -0.3 is 13.9 Å². The maximum Gasteiger partial charge on any atom is 0.249 e. The second-order valence-electron chi connectivity index (χ2n) is 6.61. The first-order chi connectivity index (χ1) is 12.2. The second kappa shape index (κ2) is 6.70. The van der Waals surface area contributed by atoms with E-state index in [-0.39, 0.29) is 5.91 Å². The monoisotopic (exact) mass is 338 g/mol. The van der Waals surface area contributed by atoms with Crippen LogP contribution in [0, 0.1) is 6.92 Å². The van der Waals surface area contributed by atoms with E-state index in [0.717, 1.165) is 42.4 Å². The first-order valence-electron chi connectivity index (χ1n) is 8.88. The molecule has 0 N–H and O–H groups in total. The van der Waals surface area contributed by atoms with E-state index in [0.29, 0.717) is 18.3 Å². The third kappa shape index (κ3) is 3.16. The molecule has 0 radical (unpaired) electrons. The number of hydrogen-bond acceptors (Lipinski definition) is 4. The van der Waals surface area contributed by atoms with Gasteiger partial charge >= 0.3 is 0 Å². The van der Waals surface area contributed by atoms with Crippen LogP contribution in [0.15, 0.2) is 34.9 Å². The lowest BCUT2D eigenvalue weighted by Gasteiger charge is -2.20. The zero-order valence-electron chi connectivity index (χ0n) is 14.4. The van der Waals surface area contributed by atoms with Gasteiger partial charge in [-0.1, -0.05) is 31.0 Å². The number of nitrogens with zero attached hydrogens (tertiary/aromatic N) is 4. The highest BCUT2D eigenvalue weighted by atomic mass is 16.4. The molecule has 3 heterocycles. The maximum absolute atomic E-state index is 12.8. The van der Waals surface area contributed by atoms with Gasteiger partial charge in [0.05, 0.1) is 5.56 Å². The second-order valence-corrected chi connectivity index (χ2v) is 6.61. The van der Waals surface area contributed by atoms with Gasteiger partial charge in [-0.2, -0.15) is 0 Å². The highest BCUT2D eigenvalue weighted by Gasteiger charge is 2.19. The van der Waals surface area contributed by atoms with E-state index < -0.39 is 0 Å². The van der Waals surface area contributed by atoms with Crippen molar-refractivity contribution >= 4 is 16.8 Å². The Balaban J connectivity index is 1.66. The van der Waals surface area contributed by atoms with Crippen LogP contribution in [0.25, 0.3) is 22.4 Å². The summed E-state index contributed by atoms with van der Waals surface area (Å²) < 4.78 is 7.60. The standard InChI is InChI=1S/C19H22N4O2/c1-14-20-21-19(25-14)16-12-23(17-9-5-4-8-15(16)17)13-18(24)22-10-6-2-3-7-11-22/h4-5,8-9,12H,2-3,6-7,10-11,13H2,1H3. The molecule has 1 fully saturated rings. The maximum atomic E-state index is 12.8. The zero-order chi connectivity index (χ0) is 17.2. The number of rotatable bonds is 3. The van der Waals surface area contributed by atoms with Crippen molar-refractivity contribution in [1.29, 1.82) is 0 Å². The molecule has 1 saturated heterocycles. The number of amides is 1. The summed E-state index contributed by atoms with van der Waals surface area (Å²) >= 11 is 0. The van der Waals surface area contributed by atoms with E-state index >= 15 is 0 Å². The number of para-hydroxylation sites is 1. The lowest BCUT2D eigenvalue weighted by atomic mass is 10.2. The molecule has 0 atom stereocenters. The molecule has 1 aliphatic rings. The van der Waals surface area contributed by atoms with Gasteiger partial charge in [-0.25, -0.2) is 0 Å². The topological polar surface area (TPSA) is 64.2 Å². The van der Waals surface area contributed by atoms with Crippen LogP contribution in [0.1, 0.15) is 31.6 Å². The van der Waals surface area contributed by atoms with Crippen LogP contribution in [-0.2, 0) is 11.3 Å². The fourth-order valence-electron chi connectivity index (χ4n) is 3.52. The normalized spacial score (nSPS) is 15.5. The van der Waals surface area contributed by atoms with Crippen molar-refractivity contribution in [3.05, 3.63) is 36.4 Å². The lowest BCUT2D eigenvalue weighted by Crippen LogP contribution is -2.34. The number of fused-ring (bicyclic) bond motifs is 1. The van der Waals surface area contributed by atoms with Gasteiger partial charge in [0.2, 0.25) is 17.7 Å². The summed E-state index contributed by atoms with van der Waals surface area (Å²) in [5, 5.41) is 9.08. The molecule has 3 aromatic rings. The summed E-state index contributed by atoms with van der Waals surface area (Å²) in [5.41, 5.74) is 1.89. The molecule has 130 valence electrons. The molecule has 0 aliphatic carbocycles. The van der Waals surface area contributed by atoms with Crippen LogP contribution in [-0.4, -0.2) is 38.7 Å². The quantitative estimate of drug-likeness (QED) is 0.734. The van der Waals surface area contributed by atoms with Gasteiger partial charge in [0.1, 0.15) is 6.54 Å². The summed E-state index contributed by atoms with van der Waals surface area (Å²) in [6.07, 6.45) is 6.59. The van der Waals surface area contributed by atoms with Crippen molar-refractivity contribution in [2.45, 2.75) is 39.2 Å². The van der Waals surface area contributed by atoms with Crippen molar-refractivity contribution < 1.29 is 9.21 Å². The Labute approximate surface area is 146 Å². The van der Waals surface area contributed by atoms with Crippen molar-refractivity contribution in [3.63, 3.8) is 0 Å². The van der Waals surface area contributed by atoms with Crippen molar-refractivity contribution in [3.8, 4) is 11.5 Å². The Bertz CT molecular complexity index is 888. The van der Waals surface area contributed by atoms with E-state index in [4.69, 9.17) is 4.42 Å². The zero-order valence-corrected chi connectivity index (χ0v) is 14.4. The third-order valence-corrected chi connectivity index (χ3v) is 4.81. The Morgan fingerprint density at radius 3 is 2.60 bits per heavy atom. The van der Waals surface area contributed by atoms with Gasteiger partial charge in [0, 0.05) is 37.1 Å². The molecule has 6 nitrogen and oxygen atoms in total. The highest BCUT2D eigenvalue weighted by molar-refractivity contribution is 5.94. The van der Waals surface area contributed by atoms with Crippen LogP contribution in [0.3, 0.4) is 0 Å². The van der Waals surface area contributed by atoms with Gasteiger partial charge in [0.15, 0.2) is 0 Å². The van der Waals surface area contributed by atoms with Crippen LogP contribution in [0.4, 0.5) is 0 Å². The van der Waals surface area contributed by atoms with Gasteiger partial charge in [0.25, 0.3) is 0 Å². The van der Waals surface area contributed by atoms with Gasteiger partial charge in [-0.05, 0) is 18.9 Å². The minimum atomic E-state index is 0.177. The summed E-state index contributed by atoms with van der Waals surface area (Å²) in [6, 6.07) is 8.02.